The van der Waals surface area contributed by atoms with E-state index in [1.807, 2.05) is 80.1 Å². The molecule has 1 amide bonds. The molecular formula is C21H23ClN4O. The Kier molecular flexibility index (Phi) is 5.94. The highest BCUT2D eigenvalue weighted by Crippen LogP contribution is 2.22. The van der Waals surface area contributed by atoms with E-state index < -0.39 is 0 Å². The van der Waals surface area contributed by atoms with E-state index in [1.54, 1.807) is 0 Å². The number of para-hydroxylation sites is 1. The van der Waals surface area contributed by atoms with E-state index in [2.05, 4.69) is 15.7 Å². The van der Waals surface area contributed by atoms with E-state index in [0.29, 0.717) is 5.02 Å². The zero-order valence-electron chi connectivity index (χ0n) is 15.7. The summed E-state index contributed by atoms with van der Waals surface area (Å²) in [6, 6.07) is 17.5. The minimum absolute atomic E-state index is 0.0438. The lowest BCUT2D eigenvalue weighted by atomic mass is 10.1. The van der Waals surface area contributed by atoms with Crippen LogP contribution in [0.3, 0.4) is 0 Å². The number of aromatic nitrogens is 2. The number of amides is 1. The number of rotatable bonds is 6. The van der Waals surface area contributed by atoms with Crippen LogP contribution in [0.5, 0.6) is 0 Å². The molecule has 0 saturated carbocycles. The van der Waals surface area contributed by atoms with E-state index in [0.717, 1.165) is 28.3 Å². The molecule has 0 bridgehead atoms. The molecule has 27 heavy (non-hydrogen) atoms. The molecule has 0 radical (unpaired) electrons. The fraction of sp³-hybridized carbons (Fsp3) is 0.238. The molecule has 0 aliphatic carbocycles. The van der Waals surface area contributed by atoms with Gasteiger partial charge in [-0.05, 0) is 50.6 Å². The quantitative estimate of drug-likeness (QED) is 0.663. The molecule has 3 aromatic rings. The molecule has 6 heteroatoms. The number of aryl methyl sites for hydroxylation is 1. The number of hydrogen-bond donors (Lipinski definition) is 2. The van der Waals surface area contributed by atoms with Gasteiger partial charge in [-0.15, -0.1) is 0 Å². The summed E-state index contributed by atoms with van der Waals surface area (Å²) in [5.74, 6) is -0.102. The second kappa shape index (κ2) is 8.37. The molecule has 0 spiro atoms. The molecule has 0 aliphatic rings. The summed E-state index contributed by atoms with van der Waals surface area (Å²) >= 11 is 5.92. The van der Waals surface area contributed by atoms with Gasteiger partial charge in [-0.3, -0.25) is 4.79 Å². The van der Waals surface area contributed by atoms with Crippen molar-refractivity contribution in [1.82, 2.24) is 15.1 Å². The van der Waals surface area contributed by atoms with E-state index in [-0.39, 0.29) is 18.5 Å². The Hall–Kier alpha value is -2.63. The number of nitrogens with one attached hydrogen (secondary N) is 2. The molecular weight excluding hydrogens is 360 g/mol. The first kappa shape index (κ1) is 19.1. The van der Waals surface area contributed by atoms with Gasteiger partial charge in [-0.25, -0.2) is 4.68 Å². The predicted molar refractivity (Wildman–Crippen MR) is 110 cm³/mol. The third-order valence-electron chi connectivity index (χ3n) is 4.50. The summed E-state index contributed by atoms with van der Waals surface area (Å²) in [5, 5.41) is 11.5. The van der Waals surface area contributed by atoms with E-state index in [4.69, 9.17) is 11.6 Å². The van der Waals surface area contributed by atoms with Crippen LogP contribution in [0.1, 0.15) is 29.9 Å². The maximum absolute atomic E-state index is 12.4. The van der Waals surface area contributed by atoms with Gasteiger partial charge in [0.1, 0.15) is 0 Å². The van der Waals surface area contributed by atoms with Crippen LogP contribution in [0.15, 0.2) is 54.6 Å². The summed E-state index contributed by atoms with van der Waals surface area (Å²) in [4.78, 5) is 12.4. The molecule has 2 aromatic carbocycles. The average molecular weight is 383 g/mol. The largest absolute Gasteiger partial charge is 0.322 e. The van der Waals surface area contributed by atoms with Gasteiger partial charge in [0.2, 0.25) is 5.91 Å². The lowest BCUT2D eigenvalue weighted by molar-refractivity contribution is -0.115. The van der Waals surface area contributed by atoms with Crippen LogP contribution < -0.4 is 10.6 Å². The molecule has 140 valence electrons. The zero-order valence-corrected chi connectivity index (χ0v) is 16.4. The van der Waals surface area contributed by atoms with Gasteiger partial charge in [-0.1, -0.05) is 41.9 Å². The van der Waals surface area contributed by atoms with E-state index in [9.17, 15) is 4.79 Å². The molecule has 1 atom stereocenters. The highest BCUT2D eigenvalue weighted by atomic mass is 35.5. The fourth-order valence-electron chi connectivity index (χ4n) is 2.94. The number of halogens is 1. The van der Waals surface area contributed by atoms with Crippen molar-refractivity contribution in [1.29, 1.82) is 0 Å². The molecule has 5 nitrogen and oxygen atoms in total. The normalized spacial score (nSPS) is 12.0. The molecule has 0 saturated heterocycles. The Bertz CT molecular complexity index is 919. The van der Waals surface area contributed by atoms with Crippen molar-refractivity contribution in [2.24, 2.45) is 0 Å². The number of carbonyl (C=O) groups excluding carboxylic acids is 1. The van der Waals surface area contributed by atoms with Crippen LogP contribution in [0.25, 0.3) is 5.69 Å². The third-order valence-corrected chi connectivity index (χ3v) is 4.75. The van der Waals surface area contributed by atoms with E-state index in [1.165, 1.54) is 0 Å². The lowest BCUT2D eigenvalue weighted by Crippen LogP contribution is -2.30. The Morgan fingerprint density at radius 1 is 1.11 bits per heavy atom. The summed E-state index contributed by atoms with van der Waals surface area (Å²) < 4.78 is 1.84. The Morgan fingerprint density at radius 3 is 2.44 bits per heavy atom. The maximum Gasteiger partial charge on any atom is 0.238 e. The van der Waals surface area contributed by atoms with Crippen molar-refractivity contribution < 1.29 is 4.79 Å². The highest BCUT2D eigenvalue weighted by Gasteiger charge is 2.15. The second-order valence-corrected chi connectivity index (χ2v) is 6.93. The van der Waals surface area contributed by atoms with Gasteiger partial charge < -0.3 is 10.6 Å². The molecule has 1 heterocycles. The standard InChI is InChI=1S/C21H23ClN4O/c1-14(17-9-11-18(22)12-10-17)23-13-20(27)24-21-15(2)25-26(16(21)3)19-7-5-4-6-8-19/h4-12,14,23H,13H2,1-3H3,(H,24,27)/t14-/m0/s1. The monoisotopic (exact) mass is 382 g/mol. The fourth-order valence-corrected chi connectivity index (χ4v) is 3.07. The maximum atomic E-state index is 12.4. The van der Waals surface area contributed by atoms with Crippen LogP contribution >= 0.6 is 11.6 Å². The number of nitrogens with zero attached hydrogens (tertiary/aromatic N) is 2. The number of carbonyl (C=O) groups is 1. The predicted octanol–water partition coefficient (Wildman–Crippen LogP) is 4.43. The number of anilines is 1. The highest BCUT2D eigenvalue weighted by molar-refractivity contribution is 6.30. The lowest BCUT2D eigenvalue weighted by Gasteiger charge is -2.14. The van der Waals surface area contributed by atoms with E-state index >= 15 is 0 Å². The Balaban J connectivity index is 1.64. The zero-order chi connectivity index (χ0) is 19.4. The van der Waals surface area contributed by atoms with Gasteiger partial charge in [0, 0.05) is 11.1 Å². The third kappa shape index (κ3) is 4.56. The second-order valence-electron chi connectivity index (χ2n) is 6.50. The Labute approximate surface area is 164 Å². The minimum Gasteiger partial charge on any atom is -0.322 e. The summed E-state index contributed by atoms with van der Waals surface area (Å²) in [6.07, 6.45) is 0. The van der Waals surface area contributed by atoms with Crippen LogP contribution in [-0.4, -0.2) is 22.2 Å². The van der Waals surface area contributed by atoms with Crippen molar-refractivity contribution in [3.8, 4) is 5.69 Å². The van der Waals surface area contributed by atoms with Crippen LogP contribution in [0.4, 0.5) is 5.69 Å². The first-order chi connectivity index (χ1) is 13.0. The topological polar surface area (TPSA) is 59.0 Å². The van der Waals surface area contributed by atoms with Gasteiger partial charge >= 0.3 is 0 Å². The first-order valence-electron chi connectivity index (χ1n) is 8.86. The van der Waals surface area contributed by atoms with Crippen molar-refractivity contribution in [2.75, 3.05) is 11.9 Å². The van der Waals surface area contributed by atoms with Gasteiger partial charge in [0.05, 0.1) is 29.3 Å². The Morgan fingerprint density at radius 2 is 1.78 bits per heavy atom. The summed E-state index contributed by atoms with van der Waals surface area (Å²) in [5.41, 5.74) is 4.49. The molecule has 0 aliphatic heterocycles. The molecule has 2 N–H and O–H groups in total. The summed E-state index contributed by atoms with van der Waals surface area (Å²) in [7, 11) is 0. The smallest absolute Gasteiger partial charge is 0.238 e. The molecule has 0 fully saturated rings. The number of hydrogen-bond acceptors (Lipinski definition) is 3. The van der Waals surface area contributed by atoms with Crippen LogP contribution in [-0.2, 0) is 4.79 Å². The van der Waals surface area contributed by atoms with Crippen molar-refractivity contribution in [3.05, 3.63) is 76.6 Å². The van der Waals surface area contributed by atoms with Crippen molar-refractivity contribution in [3.63, 3.8) is 0 Å². The van der Waals surface area contributed by atoms with Crippen LogP contribution in [0, 0.1) is 13.8 Å². The first-order valence-corrected chi connectivity index (χ1v) is 9.24. The average Bonchev–Trinajstić information content (AvgIpc) is 2.95. The van der Waals surface area contributed by atoms with Crippen LogP contribution in [0.2, 0.25) is 5.02 Å². The SMILES string of the molecule is Cc1nn(-c2ccccc2)c(C)c1NC(=O)CN[C@@H](C)c1ccc(Cl)cc1. The summed E-state index contributed by atoms with van der Waals surface area (Å²) in [6.45, 7) is 6.07. The van der Waals surface area contributed by atoms with Gasteiger partial charge in [-0.2, -0.15) is 5.10 Å². The minimum atomic E-state index is -0.102. The number of benzene rings is 2. The van der Waals surface area contributed by atoms with Crippen molar-refractivity contribution in [2.45, 2.75) is 26.8 Å². The molecule has 1 aromatic heterocycles. The molecule has 0 unspecified atom stereocenters. The van der Waals surface area contributed by atoms with Crippen molar-refractivity contribution >= 4 is 23.2 Å². The molecule has 3 rings (SSSR count). The van der Waals surface area contributed by atoms with Gasteiger partial charge in [0.25, 0.3) is 0 Å². The van der Waals surface area contributed by atoms with Gasteiger partial charge in [0.15, 0.2) is 0 Å².